The molecule has 0 aromatic carbocycles. The second-order valence-corrected chi connectivity index (χ2v) is 4.89. The summed E-state index contributed by atoms with van der Waals surface area (Å²) in [5, 5.41) is 0. The van der Waals surface area contributed by atoms with E-state index in [-0.39, 0.29) is 6.10 Å². The highest BCUT2D eigenvalue weighted by Crippen LogP contribution is 2.38. The van der Waals surface area contributed by atoms with Gasteiger partial charge in [-0.05, 0) is 33.1 Å². The molecule has 0 amide bonds. The fourth-order valence-corrected chi connectivity index (χ4v) is 3.28. The van der Waals surface area contributed by atoms with Crippen molar-refractivity contribution in [3.05, 3.63) is 0 Å². The average Bonchev–Trinajstić information content (AvgIpc) is 2.65. The lowest BCUT2D eigenvalue weighted by Crippen LogP contribution is -2.48. The van der Waals surface area contributed by atoms with Crippen LogP contribution in [0.3, 0.4) is 0 Å². The van der Waals surface area contributed by atoms with Gasteiger partial charge in [-0.3, -0.25) is 4.90 Å². The molecule has 0 aromatic heterocycles. The summed E-state index contributed by atoms with van der Waals surface area (Å²) in [6, 6.07) is 0.626. The van der Waals surface area contributed by atoms with Crippen molar-refractivity contribution in [1.29, 1.82) is 0 Å². The van der Waals surface area contributed by atoms with E-state index < -0.39 is 0 Å². The number of rotatable bonds is 0. The van der Waals surface area contributed by atoms with Crippen molar-refractivity contribution in [2.24, 2.45) is 0 Å². The van der Waals surface area contributed by atoms with Crippen molar-refractivity contribution in [2.45, 2.75) is 63.7 Å². The number of hydrogen-bond acceptors (Lipinski definition) is 3. The zero-order valence-electron chi connectivity index (χ0n) is 8.98. The number of ether oxygens (including phenoxy) is 2. The Bertz CT molecular complexity index is 233. The molecule has 5 atom stereocenters. The van der Waals surface area contributed by atoms with E-state index in [1.54, 1.807) is 0 Å². The first-order valence-electron chi connectivity index (χ1n) is 5.82. The lowest BCUT2D eigenvalue weighted by Gasteiger charge is -2.36. The van der Waals surface area contributed by atoms with Gasteiger partial charge < -0.3 is 9.47 Å². The van der Waals surface area contributed by atoms with Crippen LogP contribution in [-0.4, -0.2) is 42.0 Å². The molecule has 14 heavy (non-hydrogen) atoms. The second kappa shape index (κ2) is 3.19. The topological polar surface area (TPSA) is 21.7 Å². The lowest BCUT2D eigenvalue weighted by atomic mass is 9.96. The van der Waals surface area contributed by atoms with E-state index in [1.807, 2.05) is 0 Å². The molecule has 0 spiro atoms. The lowest BCUT2D eigenvalue weighted by molar-refractivity contribution is -0.119. The van der Waals surface area contributed by atoms with Gasteiger partial charge in [-0.25, -0.2) is 0 Å². The smallest absolute Gasteiger partial charge is 0.111 e. The first kappa shape index (κ1) is 9.13. The Labute approximate surface area is 85.4 Å². The van der Waals surface area contributed by atoms with E-state index >= 15 is 0 Å². The van der Waals surface area contributed by atoms with Gasteiger partial charge in [-0.2, -0.15) is 0 Å². The van der Waals surface area contributed by atoms with E-state index in [0.717, 1.165) is 6.42 Å². The molecule has 0 aliphatic carbocycles. The molecule has 3 fully saturated rings. The van der Waals surface area contributed by atoms with E-state index in [9.17, 15) is 0 Å². The Morgan fingerprint density at radius 2 is 2.07 bits per heavy atom. The molecule has 3 saturated heterocycles. The molecule has 3 heterocycles. The van der Waals surface area contributed by atoms with Crippen LogP contribution in [0.2, 0.25) is 0 Å². The highest BCUT2D eigenvalue weighted by molar-refractivity contribution is 4.98. The molecule has 0 bridgehead atoms. The molecule has 0 saturated carbocycles. The molecule has 80 valence electrons. The minimum atomic E-state index is 0.273. The zero-order valence-corrected chi connectivity index (χ0v) is 8.98. The van der Waals surface area contributed by atoms with Crippen LogP contribution < -0.4 is 0 Å². The molecular weight excluding hydrogens is 178 g/mol. The standard InChI is InChI=1S/C11H19NO2/c1-7-6-9-11(8(2)13-7)14-10-4-3-5-12(9)10/h7-11H,3-6H2,1-2H3. The molecule has 3 nitrogen and oxygen atoms in total. The summed E-state index contributed by atoms with van der Waals surface area (Å²) in [5.41, 5.74) is 0. The van der Waals surface area contributed by atoms with Gasteiger partial charge in [0.1, 0.15) is 12.3 Å². The first-order chi connectivity index (χ1) is 6.75. The minimum Gasteiger partial charge on any atom is -0.373 e. The molecule has 3 aliphatic rings. The molecule has 0 radical (unpaired) electrons. The third-order valence-corrected chi connectivity index (χ3v) is 3.84. The Morgan fingerprint density at radius 1 is 1.21 bits per heavy atom. The average molecular weight is 197 g/mol. The Morgan fingerprint density at radius 3 is 2.93 bits per heavy atom. The molecule has 3 aliphatic heterocycles. The highest BCUT2D eigenvalue weighted by Gasteiger charge is 2.49. The van der Waals surface area contributed by atoms with E-state index in [0.29, 0.717) is 24.5 Å². The van der Waals surface area contributed by atoms with Crippen LogP contribution in [0.4, 0.5) is 0 Å². The van der Waals surface area contributed by atoms with Crippen molar-refractivity contribution in [3.8, 4) is 0 Å². The van der Waals surface area contributed by atoms with Crippen LogP contribution in [0, 0.1) is 0 Å². The van der Waals surface area contributed by atoms with Gasteiger partial charge in [0.15, 0.2) is 0 Å². The third kappa shape index (κ3) is 1.23. The Balaban J connectivity index is 1.81. The zero-order chi connectivity index (χ0) is 9.71. The number of fused-ring (bicyclic) bond motifs is 3. The van der Waals surface area contributed by atoms with Gasteiger partial charge >= 0.3 is 0 Å². The Hall–Kier alpha value is -0.120. The summed E-state index contributed by atoms with van der Waals surface area (Å²) >= 11 is 0. The molecule has 5 unspecified atom stereocenters. The predicted molar refractivity (Wildman–Crippen MR) is 53.0 cm³/mol. The van der Waals surface area contributed by atoms with Crippen LogP contribution in [0.25, 0.3) is 0 Å². The summed E-state index contributed by atoms with van der Waals surface area (Å²) in [5.74, 6) is 0. The van der Waals surface area contributed by atoms with Gasteiger partial charge in [-0.1, -0.05) is 0 Å². The maximum Gasteiger partial charge on any atom is 0.111 e. The molecular formula is C11H19NO2. The van der Waals surface area contributed by atoms with Gasteiger partial charge in [0.2, 0.25) is 0 Å². The van der Waals surface area contributed by atoms with Crippen molar-refractivity contribution in [1.82, 2.24) is 4.90 Å². The van der Waals surface area contributed by atoms with Crippen molar-refractivity contribution in [3.63, 3.8) is 0 Å². The van der Waals surface area contributed by atoms with E-state index in [1.165, 1.54) is 19.4 Å². The second-order valence-electron chi connectivity index (χ2n) is 4.89. The summed E-state index contributed by atoms with van der Waals surface area (Å²) in [6.07, 6.45) is 5.07. The normalized spacial score (nSPS) is 53.1. The molecule has 0 aromatic rings. The van der Waals surface area contributed by atoms with E-state index in [2.05, 4.69) is 18.7 Å². The molecule has 3 rings (SSSR count). The van der Waals surface area contributed by atoms with Crippen molar-refractivity contribution < 1.29 is 9.47 Å². The maximum atomic E-state index is 6.05. The summed E-state index contributed by atoms with van der Waals surface area (Å²) in [6.45, 7) is 5.55. The number of hydrogen-bond donors (Lipinski definition) is 0. The minimum absolute atomic E-state index is 0.273. The van der Waals surface area contributed by atoms with Gasteiger partial charge in [0.25, 0.3) is 0 Å². The van der Waals surface area contributed by atoms with Crippen LogP contribution in [0.5, 0.6) is 0 Å². The largest absolute Gasteiger partial charge is 0.373 e. The predicted octanol–water partition coefficient (Wildman–Crippen LogP) is 1.37. The first-order valence-corrected chi connectivity index (χ1v) is 5.82. The van der Waals surface area contributed by atoms with Gasteiger partial charge in [0, 0.05) is 12.6 Å². The van der Waals surface area contributed by atoms with Gasteiger partial charge in [0.05, 0.1) is 12.2 Å². The SMILES string of the molecule is CC1CC2C(OC3CCCN32)C(C)O1. The summed E-state index contributed by atoms with van der Waals surface area (Å²) in [4.78, 5) is 2.56. The Kier molecular flexibility index (Phi) is 2.08. The van der Waals surface area contributed by atoms with Gasteiger partial charge in [-0.15, -0.1) is 0 Å². The number of nitrogens with zero attached hydrogens (tertiary/aromatic N) is 1. The van der Waals surface area contributed by atoms with Crippen molar-refractivity contribution >= 4 is 0 Å². The maximum absolute atomic E-state index is 6.05. The van der Waals surface area contributed by atoms with Crippen LogP contribution >= 0.6 is 0 Å². The quantitative estimate of drug-likeness (QED) is 0.585. The van der Waals surface area contributed by atoms with Crippen LogP contribution in [0.1, 0.15) is 33.1 Å². The fraction of sp³-hybridized carbons (Fsp3) is 1.00. The molecule has 3 heteroatoms. The monoisotopic (exact) mass is 197 g/mol. The van der Waals surface area contributed by atoms with Crippen LogP contribution in [0.15, 0.2) is 0 Å². The fourth-order valence-electron chi connectivity index (χ4n) is 3.28. The molecule has 0 N–H and O–H groups in total. The van der Waals surface area contributed by atoms with Crippen LogP contribution in [-0.2, 0) is 9.47 Å². The van der Waals surface area contributed by atoms with E-state index in [4.69, 9.17) is 9.47 Å². The summed E-state index contributed by atoms with van der Waals surface area (Å²) in [7, 11) is 0. The van der Waals surface area contributed by atoms with Crippen molar-refractivity contribution in [2.75, 3.05) is 6.54 Å². The highest BCUT2D eigenvalue weighted by atomic mass is 16.6. The summed E-state index contributed by atoms with van der Waals surface area (Å²) < 4.78 is 11.9. The third-order valence-electron chi connectivity index (χ3n) is 3.84.